The third kappa shape index (κ3) is 3.38. The molecule has 0 aliphatic heterocycles. The normalized spacial score (nSPS) is 12.3. The van der Waals surface area contributed by atoms with Crippen molar-refractivity contribution in [3.8, 4) is 0 Å². The van der Waals surface area contributed by atoms with Crippen LogP contribution >= 0.6 is 0 Å². The molecule has 0 amide bonds. The lowest BCUT2D eigenvalue weighted by Crippen LogP contribution is -2.06. The van der Waals surface area contributed by atoms with Gasteiger partial charge in [0.15, 0.2) is 0 Å². The summed E-state index contributed by atoms with van der Waals surface area (Å²) in [6, 6.07) is 0. The maximum absolute atomic E-state index is 3.78. The highest BCUT2D eigenvalue weighted by Gasteiger charge is 2.12. The Labute approximate surface area is 76.0 Å². The van der Waals surface area contributed by atoms with Crippen molar-refractivity contribution in [3.05, 3.63) is 49.6 Å². The van der Waals surface area contributed by atoms with E-state index in [0.717, 1.165) is 6.42 Å². The van der Waals surface area contributed by atoms with Crippen molar-refractivity contribution in [2.75, 3.05) is 0 Å². The van der Waals surface area contributed by atoms with E-state index in [0.29, 0.717) is 0 Å². The molecule has 0 saturated carbocycles. The van der Waals surface area contributed by atoms with Gasteiger partial charge in [-0.15, -0.1) is 13.2 Å². The highest BCUT2D eigenvalue weighted by Crippen LogP contribution is 2.24. The second-order valence-corrected chi connectivity index (χ2v) is 3.27. The molecule has 12 heavy (non-hydrogen) atoms. The van der Waals surface area contributed by atoms with E-state index in [1.54, 1.807) is 0 Å². The Morgan fingerprint density at radius 2 is 1.75 bits per heavy atom. The van der Waals surface area contributed by atoms with Crippen molar-refractivity contribution in [1.82, 2.24) is 0 Å². The monoisotopic (exact) mass is 162 g/mol. The summed E-state index contributed by atoms with van der Waals surface area (Å²) in [4.78, 5) is 0. The molecule has 0 nitrogen and oxygen atoms in total. The molecule has 0 heterocycles. The van der Waals surface area contributed by atoms with Gasteiger partial charge in [0, 0.05) is 5.41 Å². The summed E-state index contributed by atoms with van der Waals surface area (Å²) in [6.07, 6.45) is 8.79. The van der Waals surface area contributed by atoms with Crippen molar-refractivity contribution in [2.24, 2.45) is 5.41 Å². The van der Waals surface area contributed by atoms with Crippen LogP contribution in [0.1, 0.15) is 20.3 Å². The van der Waals surface area contributed by atoms with Gasteiger partial charge in [0.1, 0.15) is 0 Å². The van der Waals surface area contributed by atoms with Crippen molar-refractivity contribution in [2.45, 2.75) is 20.3 Å². The molecule has 0 rings (SSSR count). The zero-order valence-electron chi connectivity index (χ0n) is 8.14. The van der Waals surface area contributed by atoms with Crippen molar-refractivity contribution >= 4 is 0 Å². The minimum absolute atomic E-state index is 0.0181. The average molecular weight is 162 g/mol. The molecule has 66 valence electrons. The molecule has 0 bridgehead atoms. The molecule has 0 N–H and O–H groups in total. The minimum atomic E-state index is 0.0181. The molecule has 0 heteroatoms. The quantitative estimate of drug-likeness (QED) is 0.425. The van der Waals surface area contributed by atoms with Gasteiger partial charge in [-0.25, -0.2) is 0 Å². The van der Waals surface area contributed by atoms with E-state index < -0.39 is 0 Å². The van der Waals surface area contributed by atoms with Crippen LogP contribution in [0.3, 0.4) is 0 Å². The van der Waals surface area contributed by atoms with Crippen LogP contribution in [0.25, 0.3) is 0 Å². The SMILES string of the molecule is C=C/C(C)=C/CC(C)(C=C)C=C. The minimum Gasteiger partial charge on any atom is -0.102 e. The maximum atomic E-state index is 3.78. The van der Waals surface area contributed by atoms with Gasteiger partial charge >= 0.3 is 0 Å². The first-order valence-electron chi connectivity index (χ1n) is 4.14. The fourth-order valence-corrected chi connectivity index (χ4v) is 0.714. The second-order valence-electron chi connectivity index (χ2n) is 3.27. The molecule has 0 spiro atoms. The summed E-state index contributed by atoms with van der Waals surface area (Å²) in [5.74, 6) is 0. The van der Waals surface area contributed by atoms with Gasteiger partial charge < -0.3 is 0 Å². The van der Waals surface area contributed by atoms with E-state index in [-0.39, 0.29) is 5.41 Å². The molecule has 0 saturated heterocycles. The largest absolute Gasteiger partial charge is 0.102 e. The summed E-state index contributed by atoms with van der Waals surface area (Å²) in [5, 5.41) is 0. The molecule has 0 aromatic carbocycles. The first-order valence-corrected chi connectivity index (χ1v) is 4.14. The number of hydrogen-bond acceptors (Lipinski definition) is 0. The predicted octanol–water partition coefficient (Wildman–Crippen LogP) is 3.89. The standard InChI is InChI=1S/C12H18/c1-6-11(4)9-10-12(5,7-2)8-3/h6-9H,1-3,10H2,4-5H3/b11-9+. The lowest BCUT2D eigenvalue weighted by molar-refractivity contribution is 0.564. The van der Waals surface area contributed by atoms with Crippen LogP contribution in [0.5, 0.6) is 0 Å². The molecule has 0 unspecified atom stereocenters. The Balaban J connectivity index is 4.32. The van der Waals surface area contributed by atoms with Crippen LogP contribution in [0.4, 0.5) is 0 Å². The highest BCUT2D eigenvalue weighted by molar-refractivity contribution is 5.16. The lowest BCUT2D eigenvalue weighted by Gasteiger charge is -2.18. The van der Waals surface area contributed by atoms with Gasteiger partial charge in [0.2, 0.25) is 0 Å². The zero-order chi connectivity index (χ0) is 9.61. The molecule has 0 aromatic heterocycles. The molecule has 0 radical (unpaired) electrons. The first-order chi connectivity index (χ1) is 5.58. The van der Waals surface area contributed by atoms with E-state index in [2.05, 4.69) is 32.7 Å². The Hall–Kier alpha value is -1.04. The Kier molecular flexibility index (Phi) is 4.35. The summed E-state index contributed by atoms with van der Waals surface area (Å²) in [5.41, 5.74) is 1.22. The smallest absolute Gasteiger partial charge is 0.00620 e. The fraction of sp³-hybridized carbons (Fsp3) is 0.333. The number of rotatable bonds is 5. The van der Waals surface area contributed by atoms with Gasteiger partial charge in [-0.2, -0.15) is 0 Å². The Morgan fingerprint density at radius 1 is 1.25 bits per heavy atom. The van der Waals surface area contributed by atoms with E-state index in [1.165, 1.54) is 5.57 Å². The topological polar surface area (TPSA) is 0 Å². The van der Waals surface area contributed by atoms with Crippen LogP contribution in [0.2, 0.25) is 0 Å². The third-order valence-corrected chi connectivity index (χ3v) is 2.12. The van der Waals surface area contributed by atoms with Crippen molar-refractivity contribution < 1.29 is 0 Å². The van der Waals surface area contributed by atoms with Gasteiger partial charge in [0.25, 0.3) is 0 Å². The Morgan fingerprint density at radius 3 is 2.08 bits per heavy atom. The third-order valence-electron chi connectivity index (χ3n) is 2.12. The molecule has 0 fully saturated rings. The predicted molar refractivity (Wildman–Crippen MR) is 57.1 cm³/mol. The molecule has 0 aromatic rings. The second kappa shape index (κ2) is 4.76. The average Bonchev–Trinajstić information content (AvgIpc) is 2.13. The zero-order valence-corrected chi connectivity index (χ0v) is 8.14. The van der Waals surface area contributed by atoms with Gasteiger partial charge in [-0.1, -0.05) is 43.4 Å². The van der Waals surface area contributed by atoms with Crippen LogP contribution < -0.4 is 0 Å². The van der Waals surface area contributed by atoms with E-state index in [9.17, 15) is 0 Å². The van der Waals surface area contributed by atoms with Gasteiger partial charge in [-0.3, -0.25) is 0 Å². The Bertz CT molecular complexity index is 198. The van der Waals surface area contributed by atoms with Crippen LogP contribution in [-0.4, -0.2) is 0 Å². The fourth-order valence-electron chi connectivity index (χ4n) is 0.714. The highest BCUT2D eigenvalue weighted by atomic mass is 14.2. The summed E-state index contributed by atoms with van der Waals surface area (Å²) >= 11 is 0. The molecule has 0 atom stereocenters. The van der Waals surface area contributed by atoms with E-state index in [4.69, 9.17) is 0 Å². The lowest BCUT2D eigenvalue weighted by atomic mass is 9.86. The number of hydrogen-bond donors (Lipinski definition) is 0. The van der Waals surface area contributed by atoms with Crippen LogP contribution in [0, 0.1) is 5.41 Å². The van der Waals surface area contributed by atoms with E-state index >= 15 is 0 Å². The molecular formula is C12H18. The first kappa shape index (κ1) is 11.0. The molecule has 0 aliphatic rings. The van der Waals surface area contributed by atoms with Gasteiger partial charge in [0.05, 0.1) is 0 Å². The summed E-state index contributed by atoms with van der Waals surface area (Å²) < 4.78 is 0. The number of allylic oxidation sites excluding steroid dienone is 5. The van der Waals surface area contributed by atoms with Crippen LogP contribution in [0.15, 0.2) is 49.6 Å². The van der Waals surface area contributed by atoms with Crippen molar-refractivity contribution in [3.63, 3.8) is 0 Å². The van der Waals surface area contributed by atoms with Crippen LogP contribution in [-0.2, 0) is 0 Å². The van der Waals surface area contributed by atoms with Gasteiger partial charge in [-0.05, 0) is 13.3 Å². The van der Waals surface area contributed by atoms with E-state index in [1.807, 2.05) is 25.2 Å². The summed E-state index contributed by atoms with van der Waals surface area (Å²) in [6.45, 7) is 15.4. The van der Waals surface area contributed by atoms with Crippen molar-refractivity contribution in [1.29, 1.82) is 0 Å². The molecular weight excluding hydrogens is 144 g/mol. The molecule has 0 aliphatic carbocycles. The maximum Gasteiger partial charge on any atom is 0.00620 e. The summed E-state index contributed by atoms with van der Waals surface area (Å²) in [7, 11) is 0.